The average molecular weight is 446 g/mol. The molecule has 2 unspecified atom stereocenters. The number of aryl methyl sites for hydroxylation is 1. The highest BCUT2D eigenvalue weighted by atomic mass is 16.1. The summed E-state index contributed by atoms with van der Waals surface area (Å²) in [6, 6.07) is 4.36. The van der Waals surface area contributed by atoms with E-state index in [0.717, 1.165) is 43.0 Å². The smallest absolute Gasteiger partial charge is 0.254 e. The van der Waals surface area contributed by atoms with Crippen LogP contribution in [0.15, 0.2) is 41.8 Å². The normalized spacial score (nSPS) is 27.0. The lowest BCUT2D eigenvalue weighted by Gasteiger charge is -2.24. The number of amides is 1. The first-order valence-corrected chi connectivity index (χ1v) is 12.0. The van der Waals surface area contributed by atoms with E-state index in [4.69, 9.17) is 10.7 Å². The van der Waals surface area contributed by atoms with Crippen molar-refractivity contribution in [2.45, 2.75) is 51.6 Å². The zero-order valence-corrected chi connectivity index (χ0v) is 19.1. The fraction of sp³-hybridized carbons (Fsp3) is 0.520. The maximum atomic E-state index is 12.9. The van der Waals surface area contributed by atoms with Crippen molar-refractivity contribution in [1.82, 2.24) is 20.1 Å². The molecule has 2 aliphatic carbocycles. The summed E-state index contributed by atoms with van der Waals surface area (Å²) in [4.78, 5) is 24.4. The lowest BCUT2D eigenvalue weighted by atomic mass is 9.91. The summed E-state index contributed by atoms with van der Waals surface area (Å²) in [5, 5.41) is 7.62. The van der Waals surface area contributed by atoms with E-state index in [0.29, 0.717) is 23.4 Å². The zero-order chi connectivity index (χ0) is 22.6. The van der Waals surface area contributed by atoms with Gasteiger partial charge in [0.1, 0.15) is 11.7 Å². The molecule has 6 rings (SSSR count). The fourth-order valence-electron chi connectivity index (χ4n) is 5.76. The topological polar surface area (TPSA) is 101 Å². The molecule has 3 fully saturated rings. The molecular formula is C25H31N7O. The molecule has 4 heterocycles. The molecule has 3 N–H and O–H groups in total. The van der Waals surface area contributed by atoms with E-state index in [9.17, 15) is 4.79 Å². The van der Waals surface area contributed by atoms with Crippen molar-refractivity contribution in [2.24, 2.45) is 28.0 Å². The zero-order valence-electron chi connectivity index (χ0n) is 19.1. The van der Waals surface area contributed by atoms with Crippen LogP contribution in [0.2, 0.25) is 0 Å². The van der Waals surface area contributed by atoms with E-state index < -0.39 is 0 Å². The lowest BCUT2D eigenvalue weighted by Crippen LogP contribution is -2.40. The quantitative estimate of drug-likeness (QED) is 0.737. The highest BCUT2D eigenvalue weighted by Gasteiger charge is 2.48. The SMILES string of the molecule is Cc1nc(N2CCC3(CC3)C2)ccc1Cn1cc(C(=O)N[C@@H]2CCC3C(N)=NC=CC32)cn1. The number of aromatic nitrogens is 3. The summed E-state index contributed by atoms with van der Waals surface area (Å²) >= 11 is 0. The van der Waals surface area contributed by atoms with Crippen molar-refractivity contribution >= 4 is 17.6 Å². The Kier molecular flexibility index (Phi) is 4.78. The third-order valence-corrected chi connectivity index (χ3v) is 8.07. The number of nitrogens with two attached hydrogens (primary N) is 1. The Labute approximate surface area is 194 Å². The molecule has 0 aromatic carbocycles. The molecule has 0 radical (unpaired) electrons. The predicted molar refractivity (Wildman–Crippen MR) is 127 cm³/mol. The van der Waals surface area contributed by atoms with Gasteiger partial charge in [0.05, 0.1) is 18.3 Å². The summed E-state index contributed by atoms with van der Waals surface area (Å²) in [5.41, 5.74) is 9.35. The van der Waals surface area contributed by atoms with Gasteiger partial charge in [-0.25, -0.2) is 9.98 Å². The van der Waals surface area contributed by atoms with Crippen LogP contribution in [0.25, 0.3) is 0 Å². The average Bonchev–Trinajstić information content (AvgIpc) is 3.13. The van der Waals surface area contributed by atoms with Gasteiger partial charge in [-0.05, 0) is 56.1 Å². The van der Waals surface area contributed by atoms with E-state index in [-0.39, 0.29) is 23.8 Å². The number of hydrogen-bond acceptors (Lipinski definition) is 6. The van der Waals surface area contributed by atoms with Gasteiger partial charge in [-0.2, -0.15) is 5.10 Å². The second kappa shape index (κ2) is 7.71. The molecule has 4 aliphatic rings. The Bertz CT molecular complexity index is 1150. The molecule has 8 heteroatoms. The molecule has 1 saturated heterocycles. The fourth-order valence-corrected chi connectivity index (χ4v) is 5.76. The number of rotatable bonds is 5. The van der Waals surface area contributed by atoms with E-state index >= 15 is 0 Å². The molecule has 0 bridgehead atoms. The molecule has 2 aromatic heterocycles. The van der Waals surface area contributed by atoms with Gasteiger partial charge in [-0.3, -0.25) is 9.48 Å². The molecule has 2 saturated carbocycles. The largest absolute Gasteiger partial charge is 0.387 e. The van der Waals surface area contributed by atoms with Crippen molar-refractivity contribution in [3.05, 3.63) is 53.6 Å². The Morgan fingerprint density at radius 2 is 2.15 bits per heavy atom. The van der Waals surface area contributed by atoms with Crippen LogP contribution >= 0.6 is 0 Å². The Morgan fingerprint density at radius 1 is 1.27 bits per heavy atom. The Morgan fingerprint density at radius 3 is 2.94 bits per heavy atom. The summed E-state index contributed by atoms with van der Waals surface area (Å²) in [5.74, 6) is 2.13. The Hall–Kier alpha value is -3.16. The summed E-state index contributed by atoms with van der Waals surface area (Å²) in [7, 11) is 0. The van der Waals surface area contributed by atoms with Crippen LogP contribution < -0.4 is 16.0 Å². The summed E-state index contributed by atoms with van der Waals surface area (Å²) < 4.78 is 1.82. The number of aliphatic imine (C=N–C) groups is 1. The van der Waals surface area contributed by atoms with Gasteiger partial charge in [-0.15, -0.1) is 0 Å². The van der Waals surface area contributed by atoms with E-state index in [1.807, 2.05) is 10.9 Å². The molecule has 172 valence electrons. The highest BCUT2D eigenvalue weighted by Crippen LogP contribution is 2.53. The van der Waals surface area contributed by atoms with Crippen LogP contribution in [0.5, 0.6) is 0 Å². The molecule has 2 aliphatic heterocycles. The first-order valence-electron chi connectivity index (χ1n) is 12.0. The molecular weight excluding hydrogens is 414 g/mol. The van der Waals surface area contributed by atoms with Gasteiger partial charge in [-0.1, -0.05) is 12.1 Å². The van der Waals surface area contributed by atoms with Gasteiger partial charge in [0.25, 0.3) is 5.91 Å². The standard InChI is InChI=1S/C25H31N7O/c1-16-17(2-5-22(29-16)31-11-9-25(15-31)7-8-25)13-32-14-18(12-28-32)24(33)30-21-4-3-20-19(21)6-10-27-23(20)26/h2,5-6,10,12,14,19-21H,3-4,7-9,11,13,15H2,1H3,(H2,26,27)(H,30,33)/t19?,20?,21-/m1/s1. The van der Waals surface area contributed by atoms with Crippen LogP contribution in [0.3, 0.4) is 0 Å². The van der Waals surface area contributed by atoms with Gasteiger partial charge in [0, 0.05) is 49.1 Å². The van der Waals surface area contributed by atoms with Crippen molar-refractivity contribution in [3.8, 4) is 0 Å². The number of fused-ring (bicyclic) bond motifs is 1. The van der Waals surface area contributed by atoms with Crippen molar-refractivity contribution in [1.29, 1.82) is 0 Å². The van der Waals surface area contributed by atoms with Gasteiger partial charge < -0.3 is 16.0 Å². The second-order valence-electron chi connectivity index (χ2n) is 10.2. The van der Waals surface area contributed by atoms with Crippen molar-refractivity contribution in [3.63, 3.8) is 0 Å². The first-order chi connectivity index (χ1) is 16.0. The number of nitrogens with zero attached hydrogens (tertiary/aromatic N) is 5. The van der Waals surface area contributed by atoms with E-state index in [1.165, 1.54) is 19.3 Å². The molecule has 3 atom stereocenters. The highest BCUT2D eigenvalue weighted by molar-refractivity contribution is 5.94. The van der Waals surface area contributed by atoms with Gasteiger partial charge in [0.15, 0.2) is 0 Å². The number of carbonyl (C=O) groups is 1. The van der Waals surface area contributed by atoms with E-state index in [2.05, 4.69) is 45.4 Å². The minimum Gasteiger partial charge on any atom is -0.387 e. The predicted octanol–water partition coefficient (Wildman–Crippen LogP) is 2.63. The third kappa shape index (κ3) is 3.81. The molecule has 33 heavy (non-hydrogen) atoms. The van der Waals surface area contributed by atoms with Crippen LogP contribution in [-0.4, -0.2) is 45.6 Å². The molecule has 8 nitrogen and oxygen atoms in total. The minimum absolute atomic E-state index is 0.0792. The first kappa shape index (κ1) is 20.4. The summed E-state index contributed by atoms with van der Waals surface area (Å²) in [6.45, 7) is 4.91. The van der Waals surface area contributed by atoms with Crippen LogP contribution in [0, 0.1) is 24.2 Å². The lowest BCUT2D eigenvalue weighted by molar-refractivity contribution is 0.0931. The van der Waals surface area contributed by atoms with Gasteiger partial charge in [0.2, 0.25) is 0 Å². The minimum atomic E-state index is -0.0883. The third-order valence-electron chi connectivity index (χ3n) is 8.07. The number of nitrogens with one attached hydrogen (secondary N) is 1. The Balaban J connectivity index is 1.09. The number of carbonyl (C=O) groups excluding carboxylic acids is 1. The molecule has 2 aromatic rings. The summed E-state index contributed by atoms with van der Waals surface area (Å²) in [6.07, 6.45) is 13.2. The number of hydrogen-bond donors (Lipinski definition) is 2. The van der Waals surface area contributed by atoms with Crippen LogP contribution in [0.4, 0.5) is 5.82 Å². The number of anilines is 1. The maximum Gasteiger partial charge on any atom is 0.254 e. The number of amidine groups is 1. The van der Waals surface area contributed by atoms with Crippen LogP contribution in [-0.2, 0) is 6.54 Å². The van der Waals surface area contributed by atoms with Gasteiger partial charge >= 0.3 is 0 Å². The van der Waals surface area contributed by atoms with Crippen molar-refractivity contribution < 1.29 is 4.79 Å². The number of pyridine rings is 1. The second-order valence-corrected chi connectivity index (χ2v) is 10.2. The maximum absolute atomic E-state index is 12.9. The van der Waals surface area contributed by atoms with Crippen LogP contribution in [0.1, 0.15) is 53.7 Å². The molecule has 1 spiro atoms. The monoisotopic (exact) mass is 445 g/mol. The molecule has 1 amide bonds. The van der Waals surface area contributed by atoms with Crippen molar-refractivity contribution in [2.75, 3.05) is 18.0 Å². The van der Waals surface area contributed by atoms with E-state index in [1.54, 1.807) is 12.4 Å².